The Labute approximate surface area is 265 Å². The summed E-state index contributed by atoms with van der Waals surface area (Å²) >= 11 is 1.59. The van der Waals surface area contributed by atoms with E-state index < -0.39 is 23.5 Å². The molecule has 4 rings (SSSR count). The number of likely N-dealkylation sites (tertiary alicyclic amines) is 2. The molecule has 10 nitrogen and oxygen atoms in total. The van der Waals surface area contributed by atoms with Crippen molar-refractivity contribution < 1.29 is 24.2 Å². The van der Waals surface area contributed by atoms with Gasteiger partial charge in [0.25, 0.3) is 0 Å². The van der Waals surface area contributed by atoms with E-state index in [4.69, 9.17) is 10.5 Å². The van der Waals surface area contributed by atoms with E-state index in [1.165, 1.54) is 4.90 Å². The van der Waals surface area contributed by atoms with Gasteiger partial charge in [0.2, 0.25) is 11.8 Å². The van der Waals surface area contributed by atoms with Crippen LogP contribution in [0.4, 0.5) is 0 Å². The van der Waals surface area contributed by atoms with E-state index in [1.807, 2.05) is 57.5 Å². The largest absolute Gasteiger partial charge is 0.391 e. The van der Waals surface area contributed by atoms with Crippen molar-refractivity contribution in [1.82, 2.24) is 20.1 Å². The first-order valence-corrected chi connectivity index (χ1v) is 16.7. The molecule has 2 aromatic rings. The highest BCUT2D eigenvalue weighted by Crippen LogP contribution is 2.34. The molecule has 4 N–H and O–H groups in total. The quantitative estimate of drug-likeness (QED) is 0.308. The Morgan fingerprint density at radius 3 is 2.50 bits per heavy atom. The number of hydrogen-bond acceptors (Lipinski definition) is 9. The molecule has 2 aliphatic rings. The third kappa shape index (κ3) is 9.17. The van der Waals surface area contributed by atoms with Gasteiger partial charge in [-0.15, -0.1) is 11.3 Å². The maximum atomic E-state index is 13.9. The number of aliphatic hydroxyl groups is 1. The molecule has 0 unspecified atom stereocenters. The Balaban J connectivity index is 1.31. The van der Waals surface area contributed by atoms with Gasteiger partial charge in [0, 0.05) is 44.9 Å². The summed E-state index contributed by atoms with van der Waals surface area (Å²) in [6.07, 6.45) is 2.16. The zero-order valence-electron chi connectivity index (χ0n) is 26.6. The Morgan fingerprint density at radius 2 is 1.89 bits per heavy atom. The van der Waals surface area contributed by atoms with Crippen LogP contribution >= 0.6 is 11.3 Å². The fourth-order valence-corrected chi connectivity index (χ4v) is 6.85. The molecule has 0 aliphatic carbocycles. The fourth-order valence-electron chi connectivity index (χ4n) is 6.04. The van der Waals surface area contributed by atoms with Gasteiger partial charge in [-0.25, -0.2) is 4.98 Å². The topological polar surface area (TPSA) is 138 Å². The number of nitrogens with two attached hydrogens (primary N) is 1. The van der Waals surface area contributed by atoms with Gasteiger partial charge >= 0.3 is 0 Å². The predicted octanol–water partition coefficient (Wildman–Crippen LogP) is 3.15. The van der Waals surface area contributed by atoms with Crippen molar-refractivity contribution in [3.8, 4) is 10.4 Å². The van der Waals surface area contributed by atoms with Gasteiger partial charge in [-0.3, -0.25) is 14.4 Å². The van der Waals surface area contributed by atoms with Crippen molar-refractivity contribution in [3.05, 3.63) is 41.0 Å². The highest BCUT2D eigenvalue weighted by atomic mass is 32.1. The lowest BCUT2D eigenvalue weighted by atomic mass is 9.77. The molecule has 11 heteroatoms. The van der Waals surface area contributed by atoms with E-state index in [9.17, 15) is 19.5 Å². The fraction of sp³-hybridized carbons (Fsp3) is 0.636. The lowest BCUT2D eigenvalue weighted by Crippen LogP contribution is -2.50. The smallest absolute Gasteiger partial charge is 0.243 e. The number of ketones is 1. The van der Waals surface area contributed by atoms with E-state index >= 15 is 0 Å². The summed E-state index contributed by atoms with van der Waals surface area (Å²) < 4.78 is 5.97. The van der Waals surface area contributed by atoms with E-state index in [2.05, 4.69) is 15.2 Å². The summed E-state index contributed by atoms with van der Waals surface area (Å²) in [5.74, 6) is -1.35. The number of hydrogen-bond donors (Lipinski definition) is 3. The van der Waals surface area contributed by atoms with Gasteiger partial charge in [-0.2, -0.15) is 0 Å². The number of rotatable bonds is 13. The number of β-amino-alcohol motifs (C(OH)–C–C–N with tert-alkyl or cyclic N) is 1. The molecule has 3 atom stereocenters. The van der Waals surface area contributed by atoms with Crippen molar-refractivity contribution in [2.24, 2.45) is 17.1 Å². The normalized spacial score (nSPS) is 20.5. The monoisotopic (exact) mass is 627 g/mol. The first kappa shape index (κ1) is 34.2. The minimum Gasteiger partial charge on any atom is -0.391 e. The molecule has 1 aromatic heterocycles. The highest BCUT2D eigenvalue weighted by molar-refractivity contribution is 7.13. The van der Waals surface area contributed by atoms with Crippen LogP contribution in [0.15, 0.2) is 29.8 Å². The minimum absolute atomic E-state index is 0.0266. The Hall–Kier alpha value is -2.70. The molecule has 0 radical (unpaired) electrons. The van der Waals surface area contributed by atoms with E-state index in [1.54, 1.807) is 11.3 Å². The molecule has 2 saturated heterocycles. The molecule has 0 spiro atoms. The molecule has 2 amide bonds. The van der Waals surface area contributed by atoms with E-state index in [-0.39, 0.29) is 49.7 Å². The third-order valence-electron chi connectivity index (χ3n) is 8.76. The van der Waals surface area contributed by atoms with Gasteiger partial charge < -0.3 is 30.7 Å². The van der Waals surface area contributed by atoms with Crippen LogP contribution in [0.5, 0.6) is 0 Å². The van der Waals surface area contributed by atoms with Crippen LogP contribution in [-0.2, 0) is 25.7 Å². The first-order valence-electron chi connectivity index (χ1n) is 15.8. The van der Waals surface area contributed by atoms with Gasteiger partial charge in [0.15, 0.2) is 5.78 Å². The van der Waals surface area contributed by atoms with E-state index in [0.717, 1.165) is 60.6 Å². The number of Topliss-reactive ketones (excluding diaryl/α,β-unsaturated/α-hetero) is 1. The molecular formula is C33H49N5O5S. The predicted molar refractivity (Wildman–Crippen MR) is 172 cm³/mol. The Morgan fingerprint density at radius 1 is 1.18 bits per heavy atom. The van der Waals surface area contributed by atoms with Crippen molar-refractivity contribution in [2.45, 2.75) is 84.6 Å². The number of piperidine rings is 1. The Kier molecular flexibility index (Phi) is 12.1. The van der Waals surface area contributed by atoms with Crippen LogP contribution in [0.1, 0.15) is 64.1 Å². The van der Waals surface area contributed by atoms with Crippen LogP contribution in [0.25, 0.3) is 10.4 Å². The summed E-state index contributed by atoms with van der Waals surface area (Å²) in [6.45, 7) is 11.7. The van der Waals surface area contributed by atoms with Crippen LogP contribution < -0.4 is 11.1 Å². The number of benzene rings is 1. The van der Waals surface area contributed by atoms with Crippen LogP contribution in [-0.4, -0.2) is 95.1 Å². The first-order chi connectivity index (χ1) is 21.0. The average Bonchev–Trinajstić information content (AvgIpc) is 3.61. The summed E-state index contributed by atoms with van der Waals surface area (Å²) in [5, 5.41) is 13.4. The van der Waals surface area contributed by atoms with Gasteiger partial charge in [-0.05, 0) is 55.8 Å². The zero-order chi connectivity index (χ0) is 31.9. The summed E-state index contributed by atoms with van der Waals surface area (Å²) in [7, 11) is 0. The number of amides is 2. The van der Waals surface area contributed by atoms with Gasteiger partial charge in [-0.1, -0.05) is 45.0 Å². The van der Waals surface area contributed by atoms with Gasteiger partial charge in [0.05, 0.1) is 28.3 Å². The average molecular weight is 628 g/mol. The van der Waals surface area contributed by atoms with E-state index in [0.29, 0.717) is 13.1 Å². The molecule has 2 aliphatic heterocycles. The molecule has 242 valence electrons. The number of ether oxygens (including phenoxy) is 1. The molecule has 2 fully saturated rings. The molecule has 44 heavy (non-hydrogen) atoms. The SMILES string of the molecule is Cc1ncsc1-c1ccc(CNC(=O)[C@@H]2C[C@@H](O)CN2C(=O)[C@@H](CC(=O)COC2CCN(CCCN)CC2)C(C)(C)C)cc1. The minimum atomic E-state index is -0.799. The summed E-state index contributed by atoms with van der Waals surface area (Å²) in [4.78, 5) is 49.5. The van der Waals surface area contributed by atoms with Crippen LogP contribution in [0, 0.1) is 18.3 Å². The number of thiazole rings is 1. The second-order valence-corrected chi connectivity index (χ2v) is 14.1. The molecular weight excluding hydrogens is 578 g/mol. The van der Waals surface area contributed by atoms with Crippen molar-refractivity contribution in [3.63, 3.8) is 0 Å². The van der Waals surface area contributed by atoms with Crippen molar-refractivity contribution in [1.29, 1.82) is 0 Å². The maximum Gasteiger partial charge on any atom is 0.243 e. The second-order valence-electron chi connectivity index (χ2n) is 13.2. The number of aromatic nitrogens is 1. The summed E-state index contributed by atoms with van der Waals surface area (Å²) in [6, 6.07) is 7.17. The molecule has 1 aromatic carbocycles. The highest BCUT2D eigenvalue weighted by Gasteiger charge is 2.44. The second kappa shape index (κ2) is 15.5. The number of carbonyl (C=O) groups is 3. The van der Waals surface area contributed by atoms with Crippen LogP contribution in [0.3, 0.4) is 0 Å². The molecule has 0 bridgehead atoms. The Bertz CT molecular complexity index is 1250. The van der Waals surface area contributed by atoms with Gasteiger partial charge in [0.1, 0.15) is 12.6 Å². The number of aryl methyl sites for hydroxylation is 1. The molecule has 3 heterocycles. The number of carbonyl (C=O) groups excluding carboxylic acids is 3. The standard InChI is InChI=1S/C33H49N5O5S/c1-22-30(44-21-36-22)24-8-6-23(7-9-24)18-35-31(41)29-17-25(39)19-38(29)32(42)28(33(2,3)4)16-26(40)20-43-27-10-14-37(15-11-27)13-5-12-34/h6-9,21,25,27-29,39H,5,10-20,34H2,1-4H3,(H,35,41)/t25-,28-,29+/m1/s1. The lowest BCUT2D eigenvalue weighted by Gasteiger charge is -2.35. The van der Waals surface area contributed by atoms with Crippen molar-refractivity contribution in [2.75, 3.05) is 39.3 Å². The lowest BCUT2D eigenvalue weighted by molar-refractivity contribution is -0.147. The number of nitrogens with zero attached hydrogens (tertiary/aromatic N) is 3. The van der Waals surface area contributed by atoms with Crippen LogP contribution in [0.2, 0.25) is 0 Å². The zero-order valence-corrected chi connectivity index (χ0v) is 27.4. The maximum absolute atomic E-state index is 13.9. The summed E-state index contributed by atoms with van der Waals surface area (Å²) in [5.41, 5.74) is 9.92. The third-order valence-corrected chi connectivity index (χ3v) is 9.74. The van der Waals surface area contributed by atoms with Crippen molar-refractivity contribution >= 4 is 28.9 Å². The number of nitrogens with one attached hydrogen (secondary N) is 1. The molecule has 0 saturated carbocycles. The number of aliphatic hydroxyl groups excluding tert-OH is 1.